The molecule has 28 heavy (non-hydrogen) atoms. The molecule has 0 unspecified atom stereocenters. The normalized spacial score (nSPS) is 14.6. The van der Waals surface area contributed by atoms with E-state index in [0.29, 0.717) is 35.1 Å². The fraction of sp³-hybridized carbons (Fsp3) is 0.391. The third-order valence-electron chi connectivity index (χ3n) is 5.03. The summed E-state index contributed by atoms with van der Waals surface area (Å²) in [7, 11) is 0. The highest BCUT2D eigenvalue weighted by Gasteiger charge is 2.22. The fourth-order valence-corrected chi connectivity index (χ4v) is 3.31. The van der Waals surface area contributed by atoms with Gasteiger partial charge in [-0.25, -0.2) is 0 Å². The van der Waals surface area contributed by atoms with E-state index in [1.807, 2.05) is 24.0 Å². The first kappa shape index (κ1) is 19.9. The molecule has 3 rings (SSSR count). The first-order valence-corrected chi connectivity index (χ1v) is 10.0. The topological polar surface area (TPSA) is 58.6 Å². The zero-order valence-corrected chi connectivity index (χ0v) is 16.6. The zero-order valence-electron chi connectivity index (χ0n) is 16.6. The molecule has 0 spiro atoms. The van der Waals surface area contributed by atoms with Crippen LogP contribution in [0.15, 0.2) is 48.5 Å². The highest BCUT2D eigenvalue weighted by molar-refractivity contribution is 6.06. The standard InChI is InChI=1S/C23H28N2O3/c1-3-15-28-21-10-5-4-9-20(21)22(26)24-19-8-6-7-18(16-19)23(27)25-13-11-17(2)12-14-25/h4-10,16-17H,3,11-15H2,1-2H3,(H,24,26). The third kappa shape index (κ3) is 4.91. The van der Waals surface area contributed by atoms with Crippen molar-refractivity contribution in [3.63, 3.8) is 0 Å². The van der Waals surface area contributed by atoms with Crippen molar-refractivity contribution in [2.24, 2.45) is 5.92 Å². The maximum Gasteiger partial charge on any atom is 0.259 e. The van der Waals surface area contributed by atoms with Crippen molar-refractivity contribution in [1.29, 1.82) is 0 Å². The minimum absolute atomic E-state index is 0.0229. The van der Waals surface area contributed by atoms with Gasteiger partial charge in [-0.1, -0.05) is 32.0 Å². The highest BCUT2D eigenvalue weighted by atomic mass is 16.5. The largest absolute Gasteiger partial charge is 0.493 e. The van der Waals surface area contributed by atoms with Crippen LogP contribution in [0.2, 0.25) is 0 Å². The van der Waals surface area contributed by atoms with Gasteiger partial charge in [-0.05, 0) is 55.5 Å². The molecule has 1 aliphatic heterocycles. The van der Waals surface area contributed by atoms with Crippen LogP contribution in [0.3, 0.4) is 0 Å². The second-order valence-electron chi connectivity index (χ2n) is 7.35. The van der Waals surface area contributed by atoms with Crippen molar-refractivity contribution in [1.82, 2.24) is 4.90 Å². The van der Waals surface area contributed by atoms with Crippen molar-refractivity contribution < 1.29 is 14.3 Å². The Morgan fingerprint density at radius 1 is 1.11 bits per heavy atom. The van der Waals surface area contributed by atoms with Gasteiger partial charge in [0.15, 0.2) is 0 Å². The Labute approximate surface area is 166 Å². The lowest BCUT2D eigenvalue weighted by Gasteiger charge is -2.30. The first-order chi connectivity index (χ1) is 13.6. The number of hydrogen-bond acceptors (Lipinski definition) is 3. The SMILES string of the molecule is CCCOc1ccccc1C(=O)Nc1cccc(C(=O)N2CCC(C)CC2)c1. The average Bonchev–Trinajstić information content (AvgIpc) is 2.72. The molecule has 5 heteroatoms. The predicted octanol–water partition coefficient (Wildman–Crippen LogP) is 4.60. The third-order valence-corrected chi connectivity index (χ3v) is 5.03. The molecule has 0 bridgehead atoms. The second-order valence-corrected chi connectivity index (χ2v) is 7.35. The maximum absolute atomic E-state index is 12.8. The lowest BCUT2D eigenvalue weighted by Crippen LogP contribution is -2.37. The summed E-state index contributed by atoms with van der Waals surface area (Å²) in [6.07, 6.45) is 2.95. The summed E-state index contributed by atoms with van der Waals surface area (Å²) in [6, 6.07) is 14.3. The summed E-state index contributed by atoms with van der Waals surface area (Å²) in [4.78, 5) is 27.4. The monoisotopic (exact) mass is 380 g/mol. The Balaban J connectivity index is 1.71. The number of rotatable bonds is 6. The van der Waals surface area contributed by atoms with E-state index in [2.05, 4.69) is 12.2 Å². The van der Waals surface area contributed by atoms with Crippen LogP contribution in [0.1, 0.15) is 53.8 Å². The quantitative estimate of drug-likeness (QED) is 0.797. The number of ether oxygens (including phenoxy) is 1. The van der Waals surface area contributed by atoms with Gasteiger partial charge in [0.1, 0.15) is 5.75 Å². The molecule has 5 nitrogen and oxygen atoms in total. The Hall–Kier alpha value is -2.82. The van der Waals surface area contributed by atoms with Crippen LogP contribution in [0, 0.1) is 5.92 Å². The van der Waals surface area contributed by atoms with E-state index in [1.54, 1.807) is 36.4 Å². The number of anilines is 1. The van der Waals surface area contributed by atoms with Gasteiger partial charge in [0, 0.05) is 24.3 Å². The van der Waals surface area contributed by atoms with E-state index in [1.165, 1.54) is 0 Å². The summed E-state index contributed by atoms with van der Waals surface area (Å²) in [6.45, 7) is 6.38. The van der Waals surface area contributed by atoms with Crippen LogP contribution in [0.5, 0.6) is 5.75 Å². The van der Waals surface area contributed by atoms with E-state index < -0.39 is 0 Å². The zero-order chi connectivity index (χ0) is 19.9. The van der Waals surface area contributed by atoms with Crippen LogP contribution in [0.4, 0.5) is 5.69 Å². The lowest BCUT2D eigenvalue weighted by molar-refractivity contribution is 0.0697. The van der Waals surface area contributed by atoms with Crippen LogP contribution in [-0.4, -0.2) is 36.4 Å². The van der Waals surface area contributed by atoms with Gasteiger partial charge in [-0.3, -0.25) is 9.59 Å². The lowest BCUT2D eigenvalue weighted by atomic mass is 9.98. The molecule has 2 aromatic rings. The first-order valence-electron chi connectivity index (χ1n) is 10.0. The number of amides is 2. The second kappa shape index (κ2) is 9.40. The van der Waals surface area contributed by atoms with Gasteiger partial charge in [-0.2, -0.15) is 0 Å². The van der Waals surface area contributed by atoms with E-state index >= 15 is 0 Å². The molecule has 1 fully saturated rings. The molecule has 2 amide bonds. The Kier molecular flexibility index (Phi) is 6.69. The Bertz CT molecular complexity index is 826. The highest BCUT2D eigenvalue weighted by Crippen LogP contribution is 2.22. The Morgan fingerprint density at radius 2 is 1.86 bits per heavy atom. The van der Waals surface area contributed by atoms with E-state index in [4.69, 9.17) is 4.74 Å². The molecule has 2 aromatic carbocycles. The van der Waals surface area contributed by atoms with Crippen molar-refractivity contribution in [2.45, 2.75) is 33.1 Å². The number of carbonyl (C=O) groups is 2. The van der Waals surface area contributed by atoms with Crippen molar-refractivity contribution in [2.75, 3.05) is 25.0 Å². The van der Waals surface area contributed by atoms with Crippen LogP contribution in [0.25, 0.3) is 0 Å². The Morgan fingerprint density at radius 3 is 2.61 bits per heavy atom. The molecule has 0 atom stereocenters. The molecule has 0 radical (unpaired) electrons. The molecule has 0 aliphatic carbocycles. The number of carbonyl (C=O) groups excluding carboxylic acids is 2. The molecule has 0 saturated carbocycles. The molecule has 148 valence electrons. The summed E-state index contributed by atoms with van der Waals surface area (Å²) in [5.74, 6) is 1.01. The van der Waals surface area contributed by atoms with Gasteiger partial charge in [0.2, 0.25) is 0 Å². The van der Waals surface area contributed by atoms with Gasteiger partial charge in [0.05, 0.1) is 12.2 Å². The molecular weight excluding hydrogens is 352 g/mol. The molecule has 1 heterocycles. The van der Waals surface area contributed by atoms with Crippen molar-refractivity contribution >= 4 is 17.5 Å². The summed E-state index contributed by atoms with van der Waals surface area (Å²) >= 11 is 0. The fourth-order valence-electron chi connectivity index (χ4n) is 3.31. The molecule has 0 aromatic heterocycles. The molecule has 1 N–H and O–H groups in total. The number of para-hydroxylation sites is 1. The number of piperidine rings is 1. The molecular formula is C23H28N2O3. The number of hydrogen-bond donors (Lipinski definition) is 1. The smallest absolute Gasteiger partial charge is 0.259 e. The number of likely N-dealkylation sites (tertiary alicyclic amines) is 1. The van der Waals surface area contributed by atoms with E-state index in [9.17, 15) is 9.59 Å². The van der Waals surface area contributed by atoms with Gasteiger partial charge in [0.25, 0.3) is 11.8 Å². The molecule has 1 aliphatic rings. The van der Waals surface area contributed by atoms with E-state index in [-0.39, 0.29) is 11.8 Å². The molecule has 1 saturated heterocycles. The van der Waals surface area contributed by atoms with Crippen molar-refractivity contribution in [3.05, 3.63) is 59.7 Å². The van der Waals surface area contributed by atoms with Crippen molar-refractivity contribution in [3.8, 4) is 5.75 Å². The minimum atomic E-state index is -0.247. The summed E-state index contributed by atoms with van der Waals surface area (Å²) in [5.41, 5.74) is 1.69. The number of benzene rings is 2. The van der Waals surface area contributed by atoms with E-state index in [0.717, 1.165) is 32.4 Å². The van der Waals surface area contributed by atoms with Gasteiger partial charge < -0.3 is 15.0 Å². The minimum Gasteiger partial charge on any atom is -0.493 e. The maximum atomic E-state index is 12.8. The van der Waals surface area contributed by atoms with Crippen LogP contribution in [-0.2, 0) is 0 Å². The number of nitrogens with one attached hydrogen (secondary N) is 1. The summed E-state index contributed by atoms with van der Waals surface area (Å²) in [5, 5.41) is 2.89. The average molecular weight is 380 g/mol. The number of nitrogens with zero attached hydrogens (tertiary/aromatic N) is 1. The van der Waals surface area contributed by atoms with Crippen LogP contribution < -0.4 is 10.1 Å². The van der Waals surface area contributed by atoms with Crippen LogP contribution >= 0.6 is 0 Å². The predicted molar refractivity (Wildman–Crippen MR) is 111 cm³/mol. The van der Waals surface area contributed by atoms with Gasteiger partial charge in [-0.15, -0.1) is 0 Å². The van der Waals surface area contributed by atoms with Gasteiger partial charge >= 0.3 is 0 Å². The summed E-state index contributed by atoms with van der Waals surface area (Å²) < 4.78 is 5.67.